The van der Waals surface area contributed by atoms with Gasteiger partial charge in [-0.15, -0.1) is 12.4 Å². The Balaban J connectivity index is 0.00000176. The Morgan fingerprint density at radius 1 is 1.36 bits per heavy atom. The van der Waals surface area contributed by atoms with Crippen molar-refractivity contribution >= 4 is 18.3 Å². The minimum absolute atomic E-state index is 0. The average molecular weight is 325 g/mol. The van der Waals surface area contributed by atoms with E-state index < -0.39 is 0 Å². The lowest BCUT2D eigenvalue weighted by Gasteiger charge is -2.19. The largest absolute Gasteiger partial charge is 0.494 e. The molecule has 3 unspecified atom stereocenters. The Bertz CT molecular complexity index is 523. The summed E-state index contributed by atoms with van der Waals surface area (Å²) in [6.45, 7) is 4.42. The van der Waals surface area contributed by atoms with Crippen LogP contribution in [0, 0.1) is 11.8 Å². The smallest absolute Gasteiger partial charge is 0.254 e. The van der Waals surface area contributed by atoms with Crippen molar-refractivity contribution in [3.05, 3.63) is 29.8 Å². The molecule has 1 saturated heterocycles. The van der Waals surface area contributed by atoms with Crippen LogP contribution in [-0.2, 0) is 0 Å². The molecule has 0 aromatic heterocycles. The van der Waals surface area contributed by atoms with Crippen molar-refractivity contribution in [2.45, 2.75) is 32.2 Å². The summed E-state index contributed by atoms with van der Waals surface area (Å²) in [5.74, 6) is 1.98. The summed E-state index contributed by atoms with van der Waals surface area (Å²) < 4.78 is 5.61. The third kappa shape index (κ3) is 3.39. The number of ether oxygens (including phenoxy) is 1. The van der Waals surface area contributed by atoms with E-state index in [0.717, 1.165) is 43.7 Å². The van der Waals surface area contributed by atoms with E-state index in [2.05, 4.69) is 6.92 Å². The van der Waals surface area contributed by atoms with Gasteiger partial charge in [0.2, 0.25) is 0 Å². The van der Waals surface area contributed by atoms with Gasteiger partial charge in [-0.25, -0.2) is 0 Å². The van der Waals surface area contributed by atoms with Gasteiger partial charge in [0.25, 0.3) is 5.91 Å². The summed E-state index contributed by atoms with van der Waals surface area (Å²) in [7, 11) is 0. The Morgan fingerprint density at radius 3 is 2.91 bits per heavy atom. The number of carbonyl (C=O) groups is 1. The highest BCUT2D eigenvalue weighted by atomic mass is 35.5. The van der Waals surface area contributed by atoms with E-state index in [-0.39, 0.29) is 24.4 Å². The summed E-state index contributed by atoms with van der Waals surface area (Å²) in [5, 5.41) is 0. The van der Waals surface area contributed by atoms with Gasteiger partial charge in [-0.3, -0.25) is 4.79 Å². The normalized spacial score (nSPS) is 26.5. The molecule has 122 valence electrons. The second-order valence-electron chi connectivity index (χ2n) is 6.25. The fourth-order valence-corrected chi connectivity index (χ4v) is 3.59. The number of likely N-dealkylation sites (tertiary alicyclic amines) is 1. The van der Waals surface area contributed by atoms with Gasteiger partial charge in [0.1, 0.15) is 5.75 Å². The van der Waals surface area contributed by atoms with Crippen LogP contribution < -0.4 is 10.5 Å². The number of hydrogen-bond donors (Lipinski definition) is 1. The molecule has 2 aliphatic rings. The fourth-order valence-electron chi connectivity index (χ4n) is 3.59. The SMILES string of the molecule is CCCOc1cccc(C(=O)N2CC3CCC(N)C3C2)c1.Cl. The highest BCUT2D eigenvalue weighted by Crippen LogP contribution is 2.37. The topological polar surface area (TPSA) is 55.6 Å². The van der Waals surface area contributed by atoms with Crippen molar-refractivity contribution in [1.29, 1.82) is 0 Å². The molecule has 3 rings (SSSR count). The molecule has 1 aromatic rings. The van der Waals surface area contributed by atoms with Crippen LogP contribution in [0.2, 0.25) is 0 Å². The monoisotopic (exact) mass is 324 g/mol. The van der Waals surface area contributed by atoms with Crippen LogP contribution in [0.25, 0.3) is 0 Å². The van der Waals surface area contributed by atoms with Crippen molar-refractivity contribution in [1.82, 2.24) is 4.90 Å². The quantitative estimate of drug-likeness (QED) is 0.926. The summed E-state index contributed by atoms with van der Waals surface area (Å²) in [5.41, 5.74) is 6.86. The third-order valence-electron chi connectivity index (χ3n) is 4.75. The molecule has 1 heterocycles. The minimum Gasteiger partial charge on any atom is -0.494 e. The third-order valence-corrected chi connectivity index (χ3v) is 4.75. The van der Waals surface area contributed by atoms with Gasteiger partial charge in [0.05, 0.1) is 6.61 Å². The van der Waals surface area contributed by atoms with Crippen molar-refractivity contribution < 1.29 is 9.53 Å². The Kier molecular flexibility index (Phi) is 5.70. The van der Waals surface area contributed by atoms with Gasteiger partial charge in [-0.05, 0) is 49.3 Å². The lowest BCUT2D eigenvalue weighted by atomic mass is 9.98. The number of hydrogen-bond acceptors (Lipinski definition) is 3. The van der Waals surface area contributed by atoms with Gasteiger partial charge in [0.15, 0.2) is 0 Å². The molecule has 0 bridgehead atoms. The van der Waals surface area contributed by atoms with Gasteiger partial charge in [-0.1, -0.05) is 13.0 Å². The molecular formula is C17H25ClN2O2. The van der Waals surface area contributed by atoms with E-state index in [1.807, 2.05) is 29.2 Å². The van der Waals surface area contributed by atoms with Crippen LogP contribution in [0.4, 0.5) is 0 Å². The van der Waals surface area contributed by atoms with E-state index in [1.165, 1.54) is 0 Å². The zero-order valence-electron chi connectivity index (χ0n) is 13.0. The molecule has 0 radical (unpaired) electrons. The molecule has 1 aliphatic carbocycles. The number of benzene rings is 1. The van der Waals surface area contributed by atoms with Gasteiger partial charge >= 0.3 is 0 Å². The van der Waals surface area contributed by atoms with Crippen LogP contribution in [0.3, 0.4) is 0 Å². The highest BCUT2D eigenvalue weighted by molar-refractivity contribution is 5.94. The summed E-state index contributed by atoms with van der Waals surface area (Å²) >= 11 is 0. The molecule has 3 atom stereocenters. The number of nitrogens with two attached hydrogens (primary N) is 1. The Morgan fingerprint density at radius 2 is 2.18 bits per heavy atom. The summed E-state index contributed by atoms with van der Waals surface area (Å²) in [6.07, 6.45) is 3.23. The second-order valence-corrected chi connectivity index (χ2v) is 6.25. The molecule has 5 heteroatoms. The lowest BCUT2D eigenvalue weighted by molar-refractivity contribution is 0.0779. The Labute approximate surface area is 138 Å². The maximum atomic E-state index is 12.6. The summed E-state index contributed by atoms with van der Waals surface area (Å²) in [4.78, 5) is 14.6. The van der Waals surface area contributed by atoms with Crippen LogP contribution in [0.15, 0.2) is 24.3 Å². The van der Waals surface area contributed by atoms with E-state index in [9.17, 15) is 4.79 Å². The highest BCUT2D eigenvalue weighted by Gasteiger charge is 2.42. The first-order valence-corrected chi connectivity index (χ1v) is 7.96. The van der Waals surface area contributed by atoms with E-state index in [4.69, 9.17) is 10.5 Å². The summed E-state index contributed by atoms with van der Waals surface area (Å²) in [6, 6.07) is 7.79. The first-order chi connectivity index (χ1) is 10.2. The van der Waals surface area contributed by atoms with Crippen molar-refractivity contribution in [3.8, 4) is 5.75 Å². The van der Waals surface area contributed by atoms with Crippen molar-refractivity contribution in [2.24, 2.45) is 17.6 Å². The number of carbonyl (C=O) groups excluding carboxylic acids is 1. The van der Waals surface area contributed by atoms with Crippen LogP contribution in [0.1, 0.15) is 36.5 Å². The van der Waals surface area contributed by atoms with Crippen LogP contribution >= 0.6 is 12.4 Å². The van der Waals surface area contributed by atoms with E-state index >= 15 is 0 Å². The molecule has 2 fully saturated rings. The fraction of sp³-hybridized carbons (Fsp3) is 0.588. The molecular weight excluding hydrogens is 300 g/mol. The number of nitrogens with zero attached hydrogens (tertiary/aromatic N) is 1. The van der Waals surface area contributed by atoms with Gasteiger partial charge < -0.3 is 15.4 Å². The first kappa shape index (κ1) is 17.1. The number of halogens is 1. The number of rotatable bonds is 4. The van der Waals surface area contributed by atoms with E-state index in [1.54, 1.807) is 0 Å². The van der Waals surface area contributed by atoms with Crippen molar-refractivity contribution in [3.63, 3.8) is 0 Å². The molecule has 0 spiro atoms. The van der Waals surface area contributed by atoms with Crippen molar-refractivity contribution in [2.75, 3.05) is 19.7 Å². The second kappa shape index (κ2) is 7.34. The van der Waals surface area contributed by atoms with E-state index in [0.29, 0.717) is 18.4 Å². The molecule has 4 nitrogen and oxygen atoms in total. The van der Waals surface area contributed by atoms with Gasteiger partial charge in [0, 0.05) is 24.7 Å². The molecule has 2 N–H and O–H groups in total. The lowest BCUT2D eigenvalue weighted by Crippen LogP contribution is -2.33. The molecule has 1 saturated carbocycles. The average Bonchev–Trinajstić information content (AvgIpc) is 3.07. The predicted octanol–water partition coefficient (Wildman–Crippen LogP) is 2.71. The minimum atomic E-state index is 0. The zero-order chi connectivity index (χ0) is 14.8. The van der Waals surface area contributed by atoms with Crippen LogP contribution in [-0.4, -0.2) is 36.5 Å². The molecule has 22 heavy (non-hydrogen) atoms. The number of amides is 1. The Hall–Kier alpha value is -1.26. The molecule has 1 aliphatic heterocycles. The van der Waals surface area contributed by atoms with Crippen LogP contribution in [0.5, 0.6) is 5.75 Å². The molecule has 1 amide bonds. The van der Waals surface area contributed by atoms with Gasteiger partial charge in [-0.2, -0.15) is 0 Å². The zero-order valence-corrected chi connectivity index (χ0v) is 13.8. The molecule has 1 aromatic carbocycles. The maximum Gasteiger partial charge on any atom is 0.254 e. The maximum absolute atomic E-state index is 12.6. The first-order valence-electron chi connectivity index (χ1n) is 7.96. The standard InChI is InChI=1S/C17H24N2O2.ClH/c1-2-8-21-14-5-3-4-12(9-14)17(20)19-10-13-6-7-16(18)15(13)11-19;/h3-5,9,13,15-16H,2,6-8,10-11,18H2,1H3;1H. The number of fused-ring (bicyclic) bond motifs is 1. The predicted molar refractivity (Wildman–Crippen MR) is 89.6 cm³/mol.